The van der Waals surface area contributed by atoms with Crippen molar-refractivity contribution >= 4 is 0 Å². The van der Waals surface area contributed by atoms with Gasteiger partial charge in [0, 0.05) is 12.0 Å². The zero-order valence-electron chi connectivity index (χ0n) is 11.6. The summed E-state index contributed by atoms with van der Waals surface area (Å²) in [5.74, 6) is 0.112. The molecular weight excluding hydrogens is 246 g/mol. The lowest BCUT2D eigenvalue weighted by molar-refractivity contribution is 0.128. The Morgan fingerprint density at radius 2 is 1.50 bits per heavy atom. The summed E-state index contributed by atoms with van der Waals surface area (Å²) in [7, 11) is 0. The summed E-state index contributed by atoms with van der Waals surface area (Å²) in [6.45, 7) is 1.05. The Morgan fingerprint density at radius 3 is 2.05 bits per heavy atom. The molecule has 2 heteroatoms. The van der Waals surface area contributed by atoms with Crippen LogP contribution < -0.4 is 5.32 Å². The van der Waals surface area contributed by atoms with E-state index in [1.807, 2.05) is 36.4 Å². The van der Waals surface area contributed by atoms with Gasteiger partial charge in [-0.2, -0.15) is 0 Å². The molecule has 0 aliphatic carbocycles. The number of hydrogen-bond donors (Lipinski definition) is 2. The molecule has 2 aromatic carbocycles. The molecule has 1 aliphatic heterocycles. The van der Waals surface area contributed by atoms with Crippen LogP contribution in [0, 0.1) is 0 Å². The van der Waals surface area contributed by atoms with E-state index in [0.29, 0.717) is 6.04 Å². The Kier molecular flexibility index (Phi) is 4.14. The molecule has 1 heterocycles. The summed E-state index contributed by atoms with van der Waals surface area (Å²) in [6.07, 6.45) is 1.85. The number of aliphatic hydroxyl groups is 1. The van der Waals surface area contributed by atoms with Gasteiger partial charge in [-0.25, -0.2) is 0 Å². The van der Waals surface area contributed by atoms with Crippen molar-refractivity contribution in [1.29, 1.82) is 0 Å². The van der Waals surface area contributed by atoms with E-state index in [0.717, 1.165) is 18.5 Å². The average molecular weight is 267 g/mol. The second-order valence-electron chi connectivity index (χ2n) is 5.49. The van der Waals surface area contributed by atoms with Crippen molar-refractivity contribution in [2.24, 2.45) is 0 Å². The molecule has 2 aromatic rings. The molecule has 2 nitrogen and oxygen atoms in total. The topological polar surface area (TPSA) is 32.3 Å². The lowest BCUT2D eigenvalue weighted by Crippen LogP contribution is -2.32. The molecule has 1 unspecified atom stereocenters. The Hall–Kier alpha value is -1.64. The molecule has 0 aromatic heterocycles. The molecule has 104 valence electrons. The van der Waals surface area contributed by atoms with Crippen molar-refractivity contribution in [2.45, 2.75) is 30.9 Å². The minimum absolute atomic E-state index is 0.112. The van der Waals surface area contributed by atoms with Gasteiger partial charge in [0.25, 0.3) is 0 Å². The van der Waals surface area contributed by atoms with Crippen LogP contribution in [0.25, 0.3) is 0 Å². The molecule has 3 rings (SSSR count). The predicted octanol–water partition coefficient (Wildman–Crippen LogP) is 3.26. The molecule has 2 N–H and O–H groups in total. The maximum absolute atomic E-state index is 10.9. The SMILES string of the molecule is O[C@H](c1ccccc1)C(c1ccccc1)[C@H]1CCCN1. The van der Waals surface area contributed by atoms with Crippen LogP contribution in [-0.4, -0.2) is 17.7 Å². The molecule has 1 saturated heterocycles. The van der Waals surface area contributed by atoms with E-state index >= 15 is 0 Å². The van der Waals surface area contributed by atoms with Gasteiger partial charge in [-0.1, -0.05) is 60.7 Å². The van der Waals surface area contributed by atoms with Gasteiger partial charge in [-0.15, -0.1) is 0 Å². The fourth-order valence-corrected chi connectivity index (χ4v) is 3.19. The lowest BCUT2D eigenvalue weighted by atomic mass is 9.83. The van der Waals surface area contributed by atoms with Gasteiger partial charge in [0.05, 0.1) is 6.10 Å². The highest BCUT2D eigenvalue weighted by Crippen LogP contribution is 2.36. The van der Waals surface area contributed by atoms with Gasteiger partial charge in [0.2, 0.25) is 0 Å². The van der Waals surface area contributed by atoms with Crippen molar-refractivity contribution in [3.05, 3.63) is 71.8 Å². The first-order chi connectivity index (χ1) is 9.86. The number of aliphatic hydroxyl groups excluding tert-OH is 1. The van der Waals surface area contributed by atoms with Crippen LogP contribution in [-0.2, 0) is 0 Å². The van der Waals surface area contributed by atoms with E-state index in [2.05, 4.69) is 29.6 Å². The normalized spacial score (nSPS) is 21.6. The maximum atomic E-state index is 10.9. The van der Waals surface area contributed by atoms with E-state index in [-0.39, 0.29) is 5.92 Å². The van der Waals surface area contributed by atoms with Crippen LogP contribution in [0.4, 0.5) is 0 Å². The van der Waals surface area contributed by atoms with Crippen molar-refractivity contribution in [3.63, 3.8) is 0 Å². The van der Waals surface area contributed by atoms with Crippen LogP contribution >= 0.6 is 0 Å². The Morgan fingerprint density at radius 1 is 0.900 bits per heavy atom. The van der Waals surface area contributed by atoms with E-state index in [9.17, 15) is 5.11 Å². The van der Waals surface area contributed by atoms with Crippen molar-refractivity contribution in [2.75, 3.05) is 6.54 Å². The van der Waals surface area contributed by atoms with Crippen molar-refractivity contribution in [1.82, 2.24) is 5.32 Å². The summed E-state index contributed by atoms with van der Waals surface area (Å²) >= 11 is 0. The third-order valence-electron chi connectivity index (χ3n) is 4.20. The molecule has 0 radical (unpaired) electrons. The molecule has 20 heavy (non-hydrogen) atoms. The van der Waals surface area contributed by atoms with Crippen molar-refractivity contribution < 1.29 is 5.11 Å². The van der Waals surface area contributed by atoms with Gasteiger partial charge in [-0.05, 0) is 30.5 Å². The fourth-order valence-electron chi connectivity index (χ4n) is 3.19. The zero-order chi connectivity index (χ0) is 13.8. The Bertz CT molecular complexity index is 520. The number of benzene rings is 2. The highest BCUT2D eigenvalue weighted by Gasteiger charge is 2.32. The fraction of sp³-hybridized carbons (Fsp3) is 0.333. The minimum atomic E-state index is -0.464. The summed E-state index contributed by atoms with van der Waals surface area (Å²) in [5, 5.41) is 14.4. The third kappa shape index (κ3) is 2.77. The molecular formula is C18H21NO. The van der Waals surface area contributed by atoms with Crippen LogP contribution in [0.15, 0.2) is 60.7 Å². The van der Waals surface area contributed by atoms with Gasteiger partial charge >= 0.3 is 0 Å². The predicted molar refractivity (Wildman–Crippen MR) is 81.6 cm³/mol. The average Bonchev–Trinajstić information content (AvgIpc) is 3.03. The molecule has 0 saturated carbocycles. The standard InChI is InChI=1S/C18H21NO/c20-18(15-10-5-2-6-11-15)17(16-12-7-13-19-16)14-8-3-1-4-9-14/h1-6,8-11,16-20H,7,12-13H2/t16-,17?,18-/m1/s1. The summed E-state index contributed by atoms with van der Waals surface area (Å²) in [6, 6.07) is 20.7. The van der Waals surface area contributed by atoms with Crippen molar-refractivity contribution in [3.8, 4) is 0 Å². The summed E-state index contributed by atoms with van der Waals surface area (Å²) < 4.78 is 0. The van der Waals surface area contributed by atoms with Crippen LogP contribution in [0.2, 0.25) is 0 Å². The second kappa shape index (κ2) is 6.21. The number of nitrogens with one attached hydrogen (secondary N) is 1. The smallest absolute Gasteiger partial charge is 0.0873 e. The Balaban J connectivity index is 1.93. The zero-order valence-corrected chi connectivity index (χ0v) is 11.6. The van der Waals surface area contributed by atoms with E-state index in [1.54, 1.807) is 0 Å². The van der Waals surface area contributed by atoms with E-state index < -0.39 is 6.10 Å². The van der Waals surface area contributed by atoms with Crippen LogP contribution in [0.5, 0.6) is 0 Å². The minimum Gasteiger partial charge on any atom is -0.388 e. The monoisotopic (exact) mass is 267 g/mol. The van der Waals surface area contributed by atoms with E-state index in [4.69, 9.17) is 0 Å². The maximum Gasteiger partial charge on any atom is 0.0873 e. The molecule has 1 aliphatic rings. The summed E-state index contributed by atoms with van der Waals surface area (Å²) in [4.78, 5) is 0. The first kappa shape index (κ1) is 13.3. The number of rotatable bonds is 4. The van der Waals surface area contributed by atoms with Gasteiger partial charge in [-0.3, -0.25) is 0 Å². The van der Waals surface area contributed by atoms with Crippen LogP contribution in [0.1, 0.15) is 36.0 Å². The first-order valence-corrected chi connectivity index (χ1v) is 7.37. The summed E-state index contributed by atoms with van der Waals surface area (Å²) in [5.41, 5.74) is 2.21. The molecule has 0 amide bonds. The largest absolute Gasteiger partial charge is 0.388 e. The second-order valence-corrected chi connectivity index (χ2v) is 5.49. The third-order valence-corrected chi connectivity index (χ3v) is 4.20. The number of hydrogen-bond acceptors (Lipinski definition) is 2. The lowest BCUT2D eigenvalue weighted by Gasteiger charge is -2.29. The quantitative estimate of drug-likeness (QED) is 0.891. The Labute approximate surface area is 120 Å². The van der Waals surface area contributed by atoms with Crippen LogP contribution in [0.3, 0.4) is 0 Å². The molecule has 3 atom stereocenters. The highest BCUT2D eigenvalue weighted by atomic mass is 16.3. The van der Waals surface area contributed by atoms with Gasteiger partial charge < -0.3 is 10.4 Å². The van der Waals surface area contributed by atoms with Gasteiger partial charge in [0.1, 0.15) is 0 Å². The molecule has 0 bridgehead atoms. The molecule has 0 spiro atoms. The molecule has 1 fully saturated rings. The first-order valence-electron chi connectivity index (χ1n) is 7.37. The highest BCUT2D eigenvalue weighted by molar-refractivity contribution is 5.28. The van der Waals surface area contributed by atoms with Gasteiger partial charge in [0.15, 0.2) is 0 Å². The van der Waals surface area contributed by atoms with E-state index in [1.165, 1.54) is 12.0 Å².